The highest BCUT2D eigenvalue weighted by Gasteiger charge is 2.20. The van der Waals surface area contributed by atoms with E-state index >= 15 is 0 Å². The SMILES string of the molecule is CNCc1cc(N2CCSCC2)nc(C(C)(C)C)c1. The number of thioether (sulfide) groups is 1. The van der Waals surface area contributed by atoms with Crippen molar-refractivity contribution in [1.29, 1.82) is 0 Å². The van der Waals surface area contributed by atoms with Gasteiger partial charge in [-0.05, 0) is 24.7 Å². The summed E-state index contributed by atoms with van der Waals surface area (Å²) in [5.74, 6) is 3.57. The van der Waals surface area contributed by atoms with Gasteiger partial charge in [0.25, 0.3) is 0 Å². The quantitative estimate of drug-likeness (QED) is 0.921. The van der Waals surface area contributed by atoms with Crippen LogP contribution in [0.25, 0.3) is 0 Å². The average Bonchev–Trinajstić information content (AvgIpc) is 2.39. The zero-order chi connectivity index (χ0) is 13.9. The van der Waals surface area contributed by atoms with Crippen molar-refractivity contribution in [1.82, 2.24) is 10.3 Å². The number of nitrogens with zero attached hydrogens (tertiary/aromatic N) is 2. The Balaban J connectivity index is 2.33. The second-order valence-electron chi connectivity index (χ2n) is 6.10. The minimum atomic E-state index is 0.100. The van der Waals surface area contributed by atoms with E-state index in [0.717, 1.165) is 25.5 Å². The van der Waals surface area contributed by atoms with Gasteiger partial charge in [-0.2, -0.15) is 11.8 Å². The van der Waals surface area contributed by atoms with E-state index in [0.29, 0.717) is 0 Å². The van der Waals surface area contributed by atoms with Crippen LogP contribution in [0.15, 0.2) is 12.1 Å². The zero-order valence-corrected chi connectivity index (χ0v) is 13.3. The van der Waals surface area contributed by atoms with Gasteiger partial charge in [0, 0.05) is 42.2 Å². The van der Waals surface area contributed by atoms with Crippen LogP contribution < -0.4 is 10.2 Å². The lowest BCUT2D eigenvalue weighted by Crippen LogP contribution is -2.33. The van der Waals surface area contributed by atoms with Gasteiger partial charge in [0.05, 0.1) is 0 Å². The van der Waals surface area contributed by atoms with Crippen molar-refractivity contribution >= 4 is 17.6 Å². The maximum absolute atomic E-state index is 4.90. The minimum Gasteiger partial charge on any atom is -0.355 e. The molecule has 1 aromatic rings. The molecule has 0 spiro atoms. The van der Waals surface area contributed by atoms with Crippen LogP contribution in [0.5, 0.6) is 0 Å². The van der Waals surface area contributed by atoms with E-state index in [-0.39, 0.29) is 5.41 Å². The lowest BCUT2D eigenvalue weighted by atomic mass is 9.90. The Bertz CT molecular complexity index is 420. The summed E-state index contributed by atoms with van der Waals surface area (Å²) >= 11 is 2.04. The number of pyridine rings is 1. The predicted octanol–water partition coefficient (Wildman–Crippen LogP) is 2.65. The molecule has 1 aromatic heterocycles. The fourth-order valence-electron chi connectivity index (χ4n) is 2.22. The molecule has 2 heterocycles. The lowest BCUT2D eigenvalue weighted by molar-refractivity contribution is 0.566. The molecule has 2 rings (SSSR count). The highest BCUT2D eigenvalue weighted by Crippen LogP contribution is 2.26. The van der Waals surface area contributed by atoms with Crippen molar-refractivity contribution in [3.8, 4) is 0 Å². The molecule has 1 N–H and O–H groups in total. The van der Waals surface area contributed by atoms with E-state index in [1.165, 1.54) is 22.8 Å². The van der Waals surface area contributed by atoms with Crippen LogP contribution in [-0.2, 0) is 12.0 Å². The lowest BCUT2D eigenvalue weighted by Gasteiger charge is -2.29. The van der Waals surface area contributed by atoms with Gasteiger partial charge in [0.2, 0.25) is 0 Å². The van der Waals surface area contributed by atoms with Crippen molar-refractivity contribution in [2.75, 3.05) is 36.5 Å². The molecule has 0 amide bonds. The van der Waals surface area contributed by atoms with Crippen LogP contribution >= 0.6 is 11.8 Å². The number of aromatic nitrogens is 1. The van der Waals surface area contributed by atoms with Crippen molar-refractivity contribution in [3.05, 3.63) is 23.4 Å². The number of hydrogen-bond donors (Lipinski definition) is 1. The number of nitrogens with one attached hydrogen (secondary N) is 1. The molecule has 0 saturated carbocycles. The van der Waals surface area contributed by atoms with Gasteiger partial charge in [-0.25, -0.2) is 4.98 Å². The smallest absolute Gasteiger partial charge is 0.129 e. The Morgan fingerprint density at radius 1 is 1.26 bits per heavy atom. The summed E-state index contributed by atoms with van der Waals surface area (Å²) < 4.78 is 0. The molecule has 106 valence electrons. The molecule has 0 aliphatic carbocycles. The normalized spacial score (nSPS) is 16.7. The standard InChI is InChI=1S/C15H25N3S/c1-15(2,3)13-9-12(11-16-4)10-14(17-13)18-5-7-19-8-6-18/h9-10,16H,5-8,11H2,1-4H3. The Morgan fingerprint density at radius 2 is 1.95 bits per heavy atom. The van der Waals surface area contributed by atoms with E-state index in [2.05, 4.69) is 43.1 Å². The largest absolute Gasteiger partial charge is 0.355 e. The third-order valence-corrected chi connectivity index (χ3v) is 4.30. The Morgan fingerprint density at radius 3 is 2.53 bits per heavy atom. The molecule has 1 fully saturated rings. The van der Waals surface area contributed by atoms with Crippen LogP contribution in [-0.4, -0.2) is 36.6 Å². The van der Waals surface area contributed by atoms with Crippen LogP contribution in [0.1, 0.15) is 32.0 Å². The monoisotopic (exact) mass is 279 g/mol. The Labute approximate surface area is 121 Å². The molecule has 0 aromatic carbocycles. The van der Waals surface area contributed by atoms with Gasteiger partial charge >= 0.3 is 0 Å². The first-order valence-corrected chi connectivity index (χ1v) is 8.15. The highest BCUT2D eigenvalue weighted by molar-refractivity contribution is 7.99. The van der Waals surface area contributed by atoms with Gasteiger partial charge in [-0.1, -0.05) is 20.8 Å². The van der Waals surface area contributed by atoms with Gasteiger partial charge in [0.15, 0.2) is 0 Å². The van der Waals surface area contributed by atoms with Crippen LogP contribution in [0.4, 0.5) is 5.82 Å². The van der Waals surface area contributed by atoms with E-state index < -0.39 is 0 Å². The van der Waals surface area contributed by atoms with Gasteiger partial charge < -0.3 is 10.2 Å². The van der Waals surface area contributed by atoms with Crippen molar-refractivity contribution in [2.45, 2.75) is 32.7 Å². The van der Waals surface area contributed by atoms with E-state index in [1.807, 2.05) is 18.8 Å². The summed E-state index contributed by atoms with van der Waals surface area (Å²) in [5.41, 5.74) is 2.62. The fourth-order valence-corrected chi connectivity index (χ4v) is 3.12. The molecule has 3 nitrogen and oxygen atoms in total. The molecule has 0 bridgehead atoms. The summed E-state index contributed by atoms with van der Waals surface area (Å²) in [6.45, 7) is 9.83. The fraction of sp³-hybridized carbons (Fsp3) is 0.667. The first-order chi connectivity index (χ1) is 9.00. The number of hydrogen-bond acceptors (Lipinski definition) is 4. The van der Waals surface area contributed by atoms with Crippen molar-refractivity contribution in [2.24, 2.45) is 0 Å². The summed E-state index contributed by atoms with van der Waals surface area (Å²) in [6, 6.07) is 4.47. The highest BCUT2D eigenvalue weighted by atomic mass is 32.2. The van der Waals surface area contributed by atoms with Crippen molar-refractivity contribution < 1.29 is 0 Å². The molecule has 0 unspecified atom stereocenters. The molecule has 1 aliphatic heterocycles. The maximum Gasteiger partial charge on any atom is 0.129 e. The Kier molecular flexibility index (Phi) is 4.74. The Hall–Kier alpha value is -0.740. The van der Waals surface area contributed by atoms with E-state index in [4.69, 9.17) is 4.98 Å². The second-order valence-corrected chi connectivity index (χ2v) is 7.32. The van der Waals surface area contributed by atoms with E-state index in [1.54, 1.807) is 0 Å². The van der Waals surface area contributed by atoms with Gasteiger partial charge in [0.1, 0.15) is 5.82 Å². The molecular formula is C15H25N3S. The second kappa shape index (κ2) is 6.14. The van der Waals surface area contributed by atoms with Crippen molar-refractivity contribution in [3.63, 3.8) is 0 Å². The minimum absolute atomic E-state index is 0.100. The van der Waals surface area contributed by atoms with Gasteiger partial charge in [-0.3, -0.25) is 0 Å². The summed E-state index contributed by atoms with van der Waals surface area (Å²) in [5, 5.41) is 3.24. The topological polar surface area (TPSA) is 28.2 Å². The molecule has 0 radical (unpaired) electrons. The third-order valence-electron chi connectivity index (χ3n) is 3.36. The summed E-state index contributed by atoms with van der Waals surface area (Å²) in [6.07, 6.45) is 0. The molecule has 4 heteroatoms. The van der Waals surface area contributed by atoms with Crippen LogP contribution in [0.3, 0.4) is 0 Å². The number of anilines is 1. The third kappa shape index (κ3) is 3.86. The summed E-state index contributed by atoms with van der Waals surface area (Å²) in [7, 11) is 1.99. The molecule has 19 heavy (non-hydrogen) atoms. The molecule has 1 aliphatic rings. The zero-order valence-electron chi connectivity index (χ0n) is 12.5. The average molecular weight is 279 g/mol. The number of rotatable bonds is 3. The van der Waals surface area contributed by atoms with Gasteiger partial charge in [-0.15, -0.1) is 0 Å². The van der Waals surface area contributed by atoms with E-state index in [9.17, 15) is 0 Å². The molecular weight excluding hydrogens is 254 g/mol. The molecule has 1 saturated heterocycles. The summed E-state index contributed by atoms with van der Waals surface area (Å²) in [4.78, 5) is 7.32. The van der Waals surface area contributed by atoms with Crippen LogP contribution in [0.2, 0.25) is 0 Å². The van der Waals surface area contributed by atoms with Crippen LogP contribution in [0, 0.1) is 0 Å². The first kappa shape index (κ1) is 14.7. The first-order valence-electron chi connectivity index (χ1n) is 6.99. The maximum atomic E-state index is 4.90. The predicted molar refractivity (Wildman–Crippen MR) is 85.2 cm³/mol. The molecule has 0 atom stereocenters.